The number of carbonyl (C=O) groups is 1. The molecule has 0 aromatic rings. The van der Waals surface area contributed by atoms with E-state index >= 15 is 0 Å². The summed E-state index contributed by atoms with van der Waals surface area (Å²) in [6, 6.07) is 0.197. The first-order valence-electron chi connectivity index (χ1n) is 5.93. The fourth-order valence-electron chi connectivity index (χ4n) is 2.59. The van der Waals surface area contributed by atoms with Gasteiger partial charge in [-0.15, -0.1) is 12.4 Å². The van der Waals surface area contributed by atoms with Crippen LogP contribution in [0.2, 0.25) is 0 Å². The minimum absolute atomic E-state index is 0. The second-order valence-corrected chi connectivity index (χ2v) is 4.71. The molecule has 0 aromatic carbocycles. The summed E-state index contributed by atoms with van der Waals surface area (Å²) in [5, 5.41) is 3.42. The van der Waals surface area contributed by atoms with E-state index in [1.54, 1.807) is 4.90 Å². The molecule has 2 aliphatic heterocycles. The van der Waals surface area contributed by atoms with Gasteiger partial charge in [0.1, 0.15) is 0 Å². The molecule has 5 heteroatoms. The monoisotopic (exact) mass is 247 g/mol. The number of rotatable bonds is 1. The molecule has 2 saturated heterocycles. The van der Waals surface area contributed by atoms with Gasteiger partial charge in [-0.2, -0.15) is 0 Å². The number of nitrogens with zero attached hydrogens (tertiary/aromatic N) is 2. The summed E-state index contributed by atoms with van der Waals surface area (Å²) in [5.41, 5.74) is 0. The van der Waals surface area contributed by atoms with E-state index in [9.17, 15) is 4.79 Å². The molecule has 2 fully saturated rings. The van der Waals surface area contributed by atoms with E-state index in [1.165, 1.54) is 6.42 Å². The quantitative estimate of drug-likeness (QED) is 0.751. The van der Waals surface area contributed by atoms with Crippen molar-refractivity contribution >= 4 is 18.4 Å². The van der Waals surface area contributed by atoms with Gasteiger partial charge < -0.3 is 15.1 Å². The van der Waals surface area contributed by atoms with Crippen LogP contribution in [0, 0.1) is 11.8 Å². The first-order valence-corrected chi connectivity index (χ1v) is 5.93. The molecular weight excluding hydrogens is 226 g/mol. The van der Waals surface area contributed by atoms with Crippen LogP contribution in [0.5, 0.6) is 0 Å². The fraction of sp³-hybridized carbons (Fsp3) is 0.909. The number of piperidine rings is 1. The lowest BCUT2D eigenvalue weighted by Crippen LogP contribution is -2.48. The Morgan fingerprint density at radius 1 is 1.44 bits per heavy atom. The van der Waals surface area contributed by atoms with Crippen molar-refractivity contribution in [2.45, 2.75) is 13.3 Å². The van der Waals surface area contributed by atoms with Gasteiger partial charge in [-0.25, -0.2) is 4.79 Å². The number of hydrogen-bond acceptors (Lipinski definition) is 2. The van der Waals surface area contributed by atoms with Gasteiger partial charge in [0.05, 0.1) is 0 Å². The summed E-state index contributed by atoms with van der Waals surface area (Å²) in [6.07, 6.45) is 1.17. The van der Waals surface area contributed by atoms with Crippen LogP contribution in [0.25, 0.3) is 0 Å². The van der Waals surface area contributed by atoms with Gasteiger partial charge in [-0.1, -0.05) is 0 Å². The molecule has 2 heterocycles. The molecule has 2 rings (SSSR count). The molecule has 0 spiro atoms. The normalized spacial score (nSPS) is 28.2. The average Bonchev–Trinajstić information content (AvgIpc) is 2.73. The Kier molecular flexibility index (Phi) is 4.87. The molecule has 2 unspecified atom stereocenters. The number of hydrogen-bond donors (Lipinski definition) is 1. The third kappa shape index (κ3) is 2.61. The molecule has 4 nitrogen and oxygen atoms in total. The summed E-state index contributed by atoms with van der Waals surface area (Å²) in [5.74, 6) is 1.49. The number of urea groups is 1. The minimum Gasteiger partial charge on any atom is -0.328 e. The number of fused-ring (bicyclic) bond motifs is 1. The van der Waals surface area contributed by atoms with Crippen LogP contribution in [0.1, 0.15) is 13.3 Å². The highest BCUT2D eigenvalue weighted by Crippen LogP contribution is 2.26. The summed E-state index contributed by atoms with van der Waals surface area (Å²) in [4.78, 5) is 15.8. The van der Waals surface area contributed by atoms with E-state index in [-0.39, 0.29) is 18.4 Å². The Hall–Kier alpha value is -0.480. The van der Waals surface area contributed by atoms with Crippen molar-refractivity contribution in [3.8, 4) is 0 Å². The molecule has 2 amide bonds. The Bertz CT molecular complexity index is 249. The minimum atomic E-state index is 0. The lowest BCUT2D eigenvalue weighted by Gasteiger charge is -2.36. The van der Waals surface area contributed by atoms with Gasteiger partial charge in [0.2, 0.25) is 0 Å². The van der Waals surface area contributed by atoms with Crippen molar-refractivity contribution in [1.82, 2.24) is 15.1 Å². The summed E-state index contributed by atoms with van der Waals surface area (Å²) in [7, 11) is 1.88. The molecule has 2 atom stereocenters. The first kappa shape index (κ1) is 13.6. The third-order valence-electron chi connectivity index (χ3n) is 3.78. The van der Waals surface area contributed by atoms with E-state index in [2.05, 4.69) is 5.32 Å². The van der Waals surface area contributed by atoms with Crippen LogP contribution in [0.3, 0.4) is 0 Å². The van der Waals surface area contributed by atoms with Crippen molar-refractivity contribution in [1.29, 1.82) is 0 Å². The summed E-state index contributed by atoms with van der Waals surface area (Å²) < 4.78 is 0. The van der Waals surface area contributed by atoms with Crippen LogP contribution in [-0.2, 0) is 0 Å². The Morgan fingerprint density at radius 3 is 2.81 bits per heavy atom. The van der Waals surface area contributed by atoms with Gasteiger partial charge in [-0.05, 0) is 38.3 Å². The zero-order chi connectivity index (χ0) is 10.8. The molecule has 1 N–H and O–H groups in total. The Balaban J connectivity index is 0.00000128. The predicted octanol–water partition coefficient (Wildman–Crippen LogP) is 1.02. The molecule has 0 aromatic heterocycles. The van der Waals surface area contributed by atoms with Gasteiger partial charge in [0, 0.05) is 26.7 Å². The van der Waals surface area contributed by atoms with Crippen LogP contribution < -0.4 is 5.32 Å². The molecule has 0 saturated carbocycles. The molecule has 2 aliphatic rings. The largest absolute Gasteiger partial charge is 0.328 e. The van der Waals surface area contributed by atoms with Crippen molar-refractivity contribution in [3.63, 3.8) is 0 Å². The maximum Gasteiger partial charge on any atom is 0.319 e. The number of nitrogens with one attached hydrogen (secondary N) is 1. The van der Waals surface area contributed by atoms with E-state index in [1.807, 2.05) is 18.9 Å². The highest BCUT2D eigenvalue weighted by molar-refractivity contribution is 5.85. The molecule has 94 valence electrons. The van der Waals surface area contributed by atoms with Crippen molar-refractivity contribution < 1.29 is 4.79 Å². The number of carbonyl (C=O) groups excluding carboxylic acids is 1. The predicted molar refractivity (Wildman–Crippen MR) is 67.0 cm³/mol. The lowest BCUT2D eigenvalue weighted by atomic mass is 9.89. The molecule has 0 aliphatic carbocycles. The van der Waals surface area contributed by atoms with E-state index < -0.39 is 0 Å². The smallest absolute Gasteiger partial charge is 0.319 e. The second kappa shape index (κ2) is 5.73. The molecule has 0 bridgehead atoms. The summed E-state index contributed by atoms with van der Waals surface area (Å²) >= 11 is 0. The van der Waals surface area contributed by atoms with Gasteiger partial charge in [-0.3, -0.25) is 0 Å². The van der Waals surface area contributed by atoms with E-state index in [4.69, 9.17) is 0 Å². The van der Waals surface area contributed by atoms with Crippen LogP contribution in [0.4, 0.5) is 4.79 Å². The van der Waals surface area contributed by atoms with Gasteiger partial charge in [0.25, 0.3) is 0 Å². The maximum absolute atomic E-state index is 11.9. The molecular formula is C11H22ClN3O. The second-order valence-electron chi connectivity index (χ2n) is 4.71. The maximum atomic E-state index is 11.9. The number of halogens is 1. The van der Waals surface area contributed by atoms with Gasteiger partial charge in [0.15, 0.2) is 0 Å². The fourth-order valence-corrected chi connectivity index (χ4v) is 2.59. The van der Waals surface area contributed by atoms with Crippen LogP contribution >= 0.6 is 12.4 Å². The van der Waals surface area contributed by atoms with Crippen molar-refractivity contribution in [2.24, 2.45) is 11.8 Å². The molecule has 16 heavy (non-hydrogen) atoms. The zero-order valence-corrected chi connectivity index (χ0v) is 10.9. The number of amides is 2. The van der Waals surface area contributed by atoms with E-state index in [0.717, 1.165) is 38.6 Å². The lowest BCUT2D eigenvalue weighted by molar-refractivity contribution is 0.127. The van der Waals surface area contributed by atoms with Crippen LogP contribution in [-0.4, -0.2) is 55.6 Å². The SMILES string of the molecule is CCN(C)C(=O)N1CCC2CNCC2C1.Cl. The standard InChI is InChI=1S/C11H21N3O.ClH/c1-3-13(2)11(15)14-5-4-9-6-12-7-10(9)8-14;/h9-10,12H,3-8H2,1-2H3;1H. The van der Waals surface area contributed by atoms with Crippen LogP contribution in [0.15, 0.2) is 0 Å². The highest BCUT2D eigenvalue weighted by Gasteiger charge is 2.34. The van der Waals surface area contributed by atoms with Gasteiger partial charge >= 0.3 is 6.03 Å². The first-order chi connectivity index (χ1) is 7.22. The van der Waals surface area contributed by atoms with Crippen molar-refractivity contribution in [3.05, 3.63) is 0 Å². The van der Waals surface area contributed by atoms with E-state index in [0.29, 0.717) is 5.92 Å². The topological polar surface area (TPSA) is 35.6 Å². The average molecular weight is 248 g/mol. The Morgan fingerprint density at radius 2 is 2.12 bits per heavy atom. The highest BCUT2D eigenvalue weighted by atomic mass is 35.5. The zero-order valence-electron chi connectivity index (χ0n) is 10.1. The third-order valence-corrected chi connectivity index (χ3v) is 3.78. The van der Waals surface area contributed by atoms with Crippen molar-refractivity contribution in [2.75, 3.05) is 39.8 Å². The summed E-state index contributed by atoms with van der Waals surface area (Å²) in [6.45, 7) is 6.93. The Labute approximate surface area is 104 Å². The molecule has 0 radical (unpaired) electrons. The number of likely N-dealkylation sites (tertiary alicyclic amines) is 1.